The summed E-state index contributed by atoms with van der Waals surface area (Å²) in [6.45, 7) is 0.881. The maximum atomic E-state index is 12.6. The van der Waals surface area contributed by atoms with E-state index < -0.39 is 11.7 Å². The third-order valence-corrected chi connectivity index (χ3v) is 3.00. The van der Waals surface area contributed by atoms with E-state index in [1.807, 2.05) is 18.2 Å². The summed E-state index contributed by atoms with van der Waals surface area (Å²) in [6.07, 6.45) is -4.32. The highest BCUT2D eigenvalue weighted by Crippen LogP contribution is 2.29. The molecule has 0 bridgehead atoms. The first-order chi connectivity index (χ1) is 9.99. The van der Waals surface area contributed by atoms with Crippen LogP contribution in [0.25, 0.3) is 0 Å². The van der Waals surface area contributed by atoms with Gasteiger partial charge in [0.25, 0.3) is 0 Å². The second kappa shape index (κ2) is 6.42. The summed E-state index contributed by atoms with van der Waals surface area (Å²) in [5.41, 5.74) is 1.50. The summed E-state index contributed by atoms with van der Waals surface area (Å²) in [6, 6.07) is 14.3. The first-order valence-electron chi connectivity index (χ1n) is 6.35. The van der Waals surface area contributed by atoms with Crippen molar-refractivity contribution >= 4 is 0 Å². The molecule has 0 aromatic heterocycles. The Morgan fingerprint density at radius 2 is 1.62 bits per heavy atom. The summed E-state index contributed by atoms with van der Waals surface area (Å²) >= 11 is 0. The van der Waals surface area contributed by atoms with Gasteiger partial charge < -0.3 is 5.32 Å². The second-order valence-corrected chi connectivity index (χ2v) is 4.61. The van der Waals surface area contributed by atoms with E-state index in [0.29, 0.717) is 24.2 Å². The molecular weight excluding hydrogens is 277 g/mol. The van der Waals surface area contributed by atoms with Crippen molar-refractivity contribution in [2.24, 2.45) is 0 Å². The normalized spacial score (nSPS) is 11.1. The van der Waals surface area contributed by atoms with Gasteiger partial charge in [0.15, 0.2) is 0 Å². The molecule has 2 aromatic carbocycles. The number of alkyl halides is 3. The molecule has 0 spiro atoms. The van der Waals surface area contributed by atoms with Gasteiger partial charge in [0.2, 0.25) is 0 Å². The molecule has 0 radical (unpaired) electrons. The smallest absolute Gasteiger partial charge is 0.309 e. The summed E-state index contributed by atoms with van der Waals surface area (Å²) in [4.78, 5) is 0. The minimum absolute atomic E-state index is 0.351. The fourth-order valence-corrected chi connectivity index (χ4v) is 1.91. The average Bonchev–Trinajstić information content (AvgIpc) is 2.47. The predicted molar refractivity (Wildman–Crippen MR) is 73.1 cm³/mol. The van der Waals surface area contributed by atoms with Crippen LogP contribution >= 0.6 is 0 Å². The Morgan fingerprint density at radius 1 is 0.952 bits per heavy atom. The van der Waals surface area contributed by atoms with Crippen LogP contribution < -0.4 is 5.32 Å². The number of nitriles is 1. The second-order valence-electron chi connectivity index (χ2n) is 4.61. The topological polar surface area (TPSA) is 35.8 Å². The zero-order chi connectivity index (χ0) is 15.3. The molecule has 2 aromatic rings. The standard InChI is InChI=1S/C16H13F3N2/c17-16(18,19)15-3-1-2-14(8-15)11-21-10-13-6-4-12(9-20)5-7-13/h1-8,21H,10-11H2. The van der Waals surface area contributed by atoms with Crippen LogP contribution in [0, 0.1) is 11.3 Å². The maximum absolute atomic E-state index is 12.6. The predicted octanol–water partition coefficient (Wildman–Crippen LogP) is 3.87. The van der Waals surface area contributed by atoms with E-state index in [9.17, 15) is 13.2 Å². The molecule has 108 valence electrons. The molecule has 2 nitrogen and oxygen atoms in total. The summed E-state index contributed by atoms with van der Waals surface area (Å²) in [5.74, 6) is 0. The Labute approximate surface area is 120 Å². The summed E-state index contributed by atoms with van der Waals surface area (Å²) < 4.78 is 37.7. The highest BCUT2D eigenvalue weighted by Gasteiger charge is 2.30. The molecule has 2 rings (SSSR count). The van der Waals surface area contributed by atoms with Gasteiger partial charge in [-0.05, 0) is 29.3 Å². The molecule has 0 heterocycles. The Hall–Kier alpha value is -2.32. The van der Waals surface area contributed by atoms with Gasteiger partial charge in [0.05, 0.1) is 17.2 Å². The SMILES string of the molecule is N#Cc1ccc(CNCc2cccc(C(F)(F)F)c2)cc1. The van der Waals surface area contributed by atoms with Crippen LogP contribution in [0.15, 0.2) is 48.5 Å². The average molecular weight is 290 g/mol. The molecule has 0 aliphatic carbocycles. The van der Waals surface area contributed by atoms with Gasteiger partial charge >= 0.3 is 6.18 Å². The number of nitrogens with zero attached hydrogens (tertiary/aromatic N) is 1. The monoisotopic (exact) mass is 290 g/mol. The summed E-state index contributed by atoms with van der Waals surface area (Å²) in [5, 5.41) is 11.8. The first kappa shape index (κ1) is 15.1. The minimum Gasteiger partial charge on any atom is -0.309 e. The van der Waals surface area contributed by atoms with Gasteiger partial charge in [0.1, 0.15) is 0 Å². The largest absolute Gasteiger partial charge is 0.416 e. The van der Waals surface area contributed by atoms with Crippen molar-refractivity contribution in [3.05, 3.63) is 70.8 Å². The van der Waals surface area contributed by atoms with Crippen LogP contribution in [0.5, 0.6) is 0 Å². The van der Waals surface area contributed by atoms with E-state index >= 15 is 0 Å². The van der Waals surface area contributed by atoms with Crippen molar-refractivity contribution in [3.8, 4) is 6.07 Å². The third-order valence-electron chi connectivity index (χ3n) is 3.00. The quantitative estimate of drug-likeness (QED) is 0.928. The van der Waals surface area contributed by atoms with Crippen molar-refractivity contribution in [2.75, 3.05) is 0 Å². The van der Waals surface area contributed by atoms with Crippen molar-refractivity contribution in [1.29, 1.82) is 5.26 Å². The molecule has 0 unspecified atom stereocenters. The fraction of sp³-hybridized carbons (Fsp3) is 0.188. The van der Waals surface area contributed by atoms with Gasteiger partial charge in [-0.2, -0.15) is 18.4 Å². The van der Waals surface area contributed by atoms with Gasteiger partial charge in [-0.25, -0.2) is 0 Å². The van der Waals surface area contributed by atoms with Crippen molar-refractivity contribution < 1.29 is 13.2 Å². The Morgan fingerprint density at radius 3 is 2.24 bits per heavy atom. The number of halogens is 3. The van der Waals surface area contributed by atoms with Crippen molar-refractivity contribution in [2.45, 2.75) is 19.3 Å². The number of benzene rings is 2. The van der Waals surface area contributed by atoms with E-state index in [2.05, 4.69) is 5.32 Å². The lowest BCUT2D eigenvalue weighted by molar-refractivity contribution is -0.137. The lowest BCUT2D eigenvalue weighted by atomic mass is 10.1. The van der Waals surface area contributed by atoms with E-state index in [4.69, 9.17) is 5.26 Å². The van der Waals surface area contributed by atoms with E-state index in [1.165, 1.54) is 6.07 Å². The zero-order valence-electron chi connectivity index (χ0n) is 11.1. The third kappa shape index (κ3) is 4.33. The lowest BCUT2D eigenvalue weighted by Crippen LogP contribution is -2.13. The highest BCUT2D eigenvalue weighted by atomic mass is 19.4. The number of nitrogens with one attached hydrogen (secondary N) is 1. The molecule has 21 heavy (non-hydrogen) atoms. The van der Waals surface area contributed by atoms with Gasteiger partial charge in [-0.3, -0.25) is 0 Å². The Bertz CT molecular complexity index is 640. The maximum Gasteiger partial charge on any atom is 0.416 e. The van der Waals surface area contributed by atoms with E-state index in [1.54, 1.807) is 18.2 Å². The van der Waals surface area contributed by atoms with Gasteiger partial charge in [-0.1, -0.05) is 30.3 Å². The molecule has 1 N–H and O–H groups in total. The molecule has 0 saturated heterocycles. The molecule has 0 amide bonds. The lowest BCUT2D eigenvalue weighted by Gasteiger charge is -2.09. The molecule has 0 aliphatic heterocycles. The van der Waals surface area contributed by atoms with Crippen LogP contribution in [-0.4, -0.2) is 0 Å². The zero-order valence-corrected chi connectivity index (χ0v) is 11.1. The molecular formula is C16H13F3N2. The van der Waals surface area contributed by atoms with Crippen LogP contribution in [0.2, 0.25) is 0 Å². The summed E-state index contributed by atoms with van der Waals surface area (Å²) in [7, 11) is 0. The minimum atomic E-state index is -4.32. The van der Waals surface area contributed by atoms with Crippen LogP contribution in [0.1, 0.15) is 22.3 Å². The fourth-order valence-electron chi connectivity index (χ4n) is 1.91. The molecule has 0 saturated carbocycles. The molecule has 0 aliphatic rings. The van der Waals surface area contributed by atoms with Crippen LogP contribution in [0.4, 0.5) is 13.2 Å². The van der Waals surface area contributed by atoms with Crippen molar-refractivity contribution in [3.63, 3.8) is 0 Å². The Kier molecular flexibility index (Phi) is 4.61. The molecule has 0 fully saturated rings. The van der Waals surface area contributed by atoms with Gasteiger partial charge in [-0.15, -0.1) is 0 Å². The van der Waals surface area contributed by atoms with Crippen LogP contribution in [0.3, 0.4) is 0 Å². The molecule has 0 atom stereocenters. The number of hydrogen-bond acceptors (Lipinski definition) is 2. The van der Waals surface area contributed by atoms with Crippen LogP contribution in [-0.2, 0) is 19.3 Å². The first-order valence-corrected chi connectivity index (χ1v) is 6.35. The van der Waals surface area contributed by atoms with E-state index in [0.717, 1.165) is 17.7 Å². The van der Waals surface area contributed by atoms with Gasteiger partial charge in [0, 0.05) is 13.1 Å². The number of rotatable bonds is 4. The van der Waals surface area contributed by atoms with E-state index in [-0.39, 0.29) is 0 Å². The number of hydrogen-bond donors (Lipinski definition) is 1. The highest BCUT2D eigenvalue weighted by molar-refractivity contribution is 5.31. The molecule has 5 heteroatoms. The Balaban J connectivity index is 1.93. The van der Waals surface area contributed by atoms with Crippen molar-refractivity contribution in [1.82, 2.24) is 5.32 Å².